The van der Waals surface area contributed by atoms with Gasteiger partial charge in [-0.15, -0.1) is 0 Å². The van der Waals surface area contributed by atoms with Gasteiger partial charge in [-0.2, -0.15) is 0 Å². The van der Waals surface area contributed by atoms with Gasteiger partial charge in [-0.05, 0) is 81.7 Å². The number of halogens is 1. The first-order chi connectivity index (χ1) is 21.5. The number of nitro benzene ring substituents is 1. The van der Waals surface area contributed by atoms with E-state index in [0.717, 1.165) is 0 Å². The van der Waals surface area contributed by atoms with E-state index in [1.54, 1.807) is 39.2 Å². The van der Waals surface area contributed by atoms with Gasteiger partial charge in [0.15, 0.2) is 17.0 Å². The normalized spacial score (nSPS) is 22.2. The van der Waals surface area contributed by atoms with E-state index in [4.69, 9.17) is 19.2 Å². The maximum atomic E-state index is 13.8. The molecule has 4 rings (SSSR count). The van der Waals surface area contributed by atoms with E-state index < -0.39 is 53.5 Å². The second-order valence-electron chi connectivity index (χ2n) is 15.2. The number of anilines is 1. The Bertz CT molecular complexity index is 1650. The Balaban J connectivity index is 1.88. The van der Waals surface area contributed by atoms with Gasteiger partial charge in [0.05, 0.1) is 30.0 Å². The SMILES string of the molecule is C[Si](C)[C@]1(n2cnc3c(N(Cc4ccc(I)cc4[N+](=O)[O-])C(=O)OC(C)(C)C)ncnc32)C[C@@](O)(C(C)(C)C)[C@@H](COC(C)(C)C)O1. The number of rotatable bonds is 8. The minimum atomic E-state index is -1.40. The highest BCUT2D eigenvalue weighted by Gasteiger charge is 2.62. The minimum Gasteiger partial charge on any atom is -0.443 e. The Hall–Kier alpha value is -2.73. The van der Waals surface area contributed by atoms with E-state index in [2.05, 4.69) is 23.1 Å². The van der Waals surface area contributed by atoms with Crippen LogP contribution in [0.1, 0.15) is 74.3 Å². The second-order valence-corrected chi connectivity index (χ2v) is 19.3. The summed E-state index contributed by atoms with van der Waals surface area (Å²) in [6.07, 6.45) is 1.80. The molecule has 3 heterocycles. The lowest BCUT2D eigenvalue weighted by molar-refractivity contribution is -0.385. The lowest BCUT2D eigenvalue weighted by Crippen LogP contribution is -2.52. The smallest absolute Gasteiger partial charge is 0.416 e. The number of nitro groups is 1. The van der Waals surface area contributed by atoms with Crippen LogP contribution in [0.25, 0.3) is 11.2 Å². The first kappa shape index (κ1) is 37.1. The van der Waals surface area contributed by atoms with Crippen molar-refractivity contribution in [2.24, 2.45) is 5.41 Å². The number of imidazole rings is 1. The zero-order chi connectivity index (χ0) is 35.3. The molecule has 2 aromatic heterocycles. The van der Waals surface area contributed by atoms with Gasteiger partial charge in [0.25, 0.3) is 5.69 Å². The van der Waals surface area contributed by atoms with Crippen LogP contribution in [0, 0.1) is 19.1 Å². The molecule has 1 radical (unpaired) electrons. The number of carbonyl (C=O) groups is 1. The molecule has 0 aliphatic carbocycles. The summed E-state index contributed by atoms with van der Waals surface area (Å²) in [4.78, 5) is 40.3. The van der Waals surface area contributed by atoms with Crippen LogP contribution in [0.15, 0.2) is 30.9 Å². The number of nitrogens with zero attached hydrogens (tertiary/aromatic N) is 6. The molecule has 3 aromatic rings. The fourth-order valence-electron chi connectivity index (χ4n) is 5.62. The van der Waals surface area contributed by atoms with Crippen LogP contribution in [0.3, 0.4) is 0 Å². The van der Waals surface area contributed by atoms with Crippen molar-refractivity contribution >= 4 is 60.1 Å². The van der Waals surface area contributed by atoms with Crippen molar-refractivity contribution < 1.29 is 29.0 Å². The Labute approximate surface area is 291 Å². The molecule has 1 amide bonds. The van der Waals surface area contributed by atoms with Crippen molar-refractivity contribution in [1.29, 1.82) is 0 Å². The number of benzene rings is 1. The van der Waals surface area contributed by atoms with Crippen molar-refractivity contribution in [3.8, 4) is 0 Å². The van der Waals surface area contributed by atoms with Crippen LogP contribution in [-0.2, 0) is 26.1 Å². The van der Waals surface area contributed by atoms with Crippen molar-refractivity contribution in [2.45, 2.75) is 117 Å². The monoisotopic (exact) mass is 781 g/mol. The van der Waals surface area contributed by atoms with Crippen molar-refractivity contribution in [2.75, 3.05) is 11.5 Å². The van der Waals surface area contributed by atoms with Gasteiger partial charge in [0, 0.05) is 21.6 Å². The summed E-state index contributed by atoms with van der Waals surface area (Å²) in [5.41, 5.74) is -2.29. The van der Waals surface area contributed by atoms with E-state index >= 15 is 0 Å². The summed E-state index contributed by atoms with van der Waals surface area (Å²) in [6, 6.07) is 4.81. The molecule has 0 unspecified atom stereocenters. The molecule has 47 heavy (non-hydrogen) atoms. The van der Waals surface area contributed by atoms with Gasteiger partial charge in [0.1, 0.15) is 37.8 Å². The average molecular weight is 782 g/mol. The van der Waals surface area contributed by atoms with E-state index in [9.17, 15) is 20.0 Å². The molecule has 3 atom stereocenters. The molecule has 1 aliphatic rings. The molecule has 1 aromatic carbocycles. The third kappa shape index (κ3) is 7.63. The largest absolute Gasteiger partial charge is 0.443 e. The van der Waals surface area contributed by atoms with Crippen molar-refractivity contribution in [1.82, 2.24) is 19.5 Å². The van der Waals surface area contributed by atoms with Gasteiger partial charge >= 0.3 is 6.09 Å². The highest BCUT2D eigenvalue weighted by Crippen LogP contribution is 2.52. The fourth-order valence-corrected chi connectivity index (χ4v) is 7.74. The fraction of sp³-hybridized carbons (Fsp3) is 0.625. The molecule has 1 N–H and O–H groups in total. The highest BCUT2D eigenvalue weighted by molar-refractivity contribution is 14.1. The molecule has 1 saturated heterocycles. The summed E-state index contributed by atoms with van der Waals surface area (Å²) in [6.45, 7) is 21.3. The standard InChI is InChI=1S/C32H46IN6O7Si/c1-28(2,3)31(41)17-32(47(10)11,45-23(31)16-44-29(4,5)6)38-19-36-24-25(34-18-35-26(24)38)37(27(40)46-30(7,8)9)15-20-12-13-21(33)14-22(20)39(42)43/h12-14,18-19,23,41H,15-17H2,1-11H3/t23-,31+,32+/m1/s1. The second kappa shape index (κ2) is 12.9. The van der Waals surface area contributed by atoms with E-state index in [-0.39, 0.29) is 36.6 Å². The lowest BCUT2D eigenvalue weighted by Gasteiger charge is -2.41. The number of hydrogen-bond donors (Lipinski definition) is 1. The van der Waals surface area contributed by atoms with Gasteiger partial charge in [0.2, 0.25) is 0 Å². The van der Waals surface area contributed by atoms with Crippen molar-refractivity contribution in [3.05, 3.63) is 50.1 Å². The Morgan fingerprint density at radius 2 is 1.81 bits per heavy atom. The van der Waals surface area contributed by atoms with E-state index in [1.165, 1.54) is 17.3 Å². The summed E-state index contributed by atoms with van der Waals surface area (Å²) in [5, 5.41) is 23.3. The summed E-state index contributed by atoms with van der Waals surface area (Å²) in [5.74, 6) is 0.128. The van der Waals surface area contributed by atoms with Gasteiger partial charge < -0.3 is 19.3 Å². The van der Waals surface area contributed by atoms with Gasteiger partial charge in [-0.1, -0.05) is 33.9 Å². The predicted octanol–water partition coefficient (Wildman–Crippen LogP) is 6.61. The van der Waals surface area contributed by atoms with Crippen LogP contribution >= 0.6 is 22.6 Å². The molecule has 0 saturated carbocycles. The number of carbonyl (C=O) groups excluding carboxylic acids is 1. The van der Waals surface area contributed by atoms with E-state index in [0.29, 0.717) is 14.8 Å². The number of aromatic nitrogens is 4. The molecule has 0 bridgehead atoms. The van der Waals surface area contributed by atoms with Gasteiger partial charge in [-0.3, -0.25) is 19.6 Å². The first-order valence-corrected chi connectivity index (χ1v) is 19.0. The van der Waals surface area contributed by atoms with Crippen LogP contribution in [0.2, 0.25) is 13.1 Å². The summed E-state index contributed by atoms with van der Waals surface area (Å²) in [7, 11) is -1.40. The number of ether oxygens (including phenoxy) is 3. The van der Waals surface area contributed by atoms with Gasteiger partial charge in [-0.25, -0.2) is 19.7 Å². The van der Waals surface area contributed by atoms with Crippen LogP contribution in [-0.4, -0.2) is 74.0 Å². The van der Waals surface area contributed by atoms with Crippen LogP contribution < -0.4 is 4.90 Å². The maximum Gasteiger partial charge on any atom is 0.416 e. The lowest BCUT2D eigenvalue weighted by atomic mass is 9.72. The minimum absolute atomic E-state index is 0.128. The van der Waals surface area contributed by atoms with Crippen LogP contribution in [0.4, 0.5) is 16.3 Å². The number of amides is 1. The molecule has 15 heteroatoms. The average Bonchev–Trinajstić information content (AvgIpc) is 3.50. The molecule has 257 valence electrons. The maximum absolute atomic E-state index is 13.8. The molecule has 0 spiro atoms. The topological polar surface area (TPSA) is 155 Å². The van der Waals surface area contributed by atoms with Crippen molar-refractivity contribution in [3.63, 3.8) is 0 Å². The molecule has 1 fully saturated rings. The third-order valence-corrected chi connectivity index (χ3v) is 11.0. The molecule has 1 aliphatic heterocycles. The quantitative estimate of drug-likeness (QED) is 0.114. The van der Waals surface area contributed by atoms with E-state index in [1.807, 2.05) is 68.7 Å². The Morgan fingerprint density at radius 3 is 2.36 bits per heavy atom. The Morgan fingerprint density at radius 1 is 1.15 bits per heavy atom. The highest BCUT2D eigenvalue weighted by atomic mass is 127. The summed E-state index contributed by atoms with van der Waals surface area (Å²) >= 11 is 2.01. The number of fused-ring (bicyclic) bond motifs is 1. The Kier molecular flexibility index (Phi) is 10.2. The first-order valence-electron chi connectivity index (χ1n) is 15.5. The molecular weight excluding hydrogens is 735 g/mol. The molecule has 13 nitrogen and oxygen atoms in total. The zero-order valence-corrected chi connectivity index (χ0v) is 32.2. The third-order valence-electron chi connectivity index (χ3n) is 8.27. The summed E-state index contributed by atoms with van der Waals surface area (Å²) < 4.78 is 21.4. The van der Waals surface area contributed by atoms with Crippen LogP contribution in [0.5, 0.6) is 0 Å². The zero-order valence-electron chi connectivity index (χ0n) is 29.0. The predicted molar refractivity (Wildman–Crippen MR) is 189 cm³/mol. The number of aliphatic hydroxyl groups is 1. The molecular formula is C32H46IN6O7Si. The number of hydrogen-bond acceptors (Lipinski definition) is 10.